The first-order valence-electron chi connectivity index (χ1n) is 23.3. The summed E-state index contributed by atoms with van der Waals surface area (Å²) in [6, 6.07) is 14.9. The van der Waals surface area contributed by atoms with Crippen molar-refractivity contribution in [3.63, 3.8) is 0 Å². The van der Waals surface area contributed by atoms with Gasteiger partial charge in [0.1, 0.15) is 0 Å². The maximum absolute atomic E-state index is 14.0. The first-order valence-corrected chi connectivity index (χ1v) is 23.3. The minimum Gasteiger partial charge on any atom is -0.462 e. The maximum Gasteiger partial charge on any atom is 0.338 e. The molecule has 2 amide bonds. The van der Waals surface area contributed by atoms with Crippen molar-refractivity contribution in [1.82, 2.24) is 4.90 Å². The summed E-state index contributed by atoms with van der Waals surface area (Å²) in [4.78, 5) is 56.9. The molecular weight excluding hydrogens is 735 g/mol. The quantitative estimate of drug-likeness (QED) is 0.0173. The molecule has 1 heterocycles. The summed E-state index contributed by atoms with van der Waals surface area (Å²) in [5.74, 6) is -1.44. The molecule has 6 rings (SSSR count). The normalized spacial score (nSPS) is 12.8. The zero-order valence-corrected chi connectivity index (χ0v) is 36.2. The molecule has 0 saturated carbocycles. The second-order valence-electron chi connectivity index (χ2n) is 16.9. The maximum atomic E-state index is 14.0. The van der Waals surface area contributed by atoms with Gasteiger partial charge >= 0.3 is 11.9 Å². The van der Waals surface area contributed by atoms with Gasteiger partial charge in [-0.25, -0.2) is 9.59 Å². The van der Waals surface area contributed by atoms with Crippen LogP contribution < -0.4 is 0 Å². The van der Waals surface area contributed by atoms with Crippen LogP contribution in [0.15, 0.2) is 48.5 Å². The highest BCUT2D eigenvalue weighted by Gasteiger charge is 2.34. The number of hydrogen-bond donors (Lipinski definition) is 0. The van der Waals surface area contributed by atoms with Crippen LogP contribution in [0.2, 0.25) is 0 Å². The Labute approximate surface area is 351 Å². The Morgan fingerprint density at radius 1 is 0.407 bits per heavy atom. The van der Waals surface area contributed by atoms with Gasteiger partial charge in [-0.3, -0.25) is 14.5 Å². The van der Waals surface area contributed by atoms with E-state index >= 15 is 0 Å². The SMILES string of the molecule is CCCCCCCCCCCCOC(=O)c1ccc2c3ccc4c5c(ccc(c6ccc(C(=O)OCCCCCCCCCCCC)c1c26)c53)C(=O)N(CCCC)C4=O. The molecule has 0 spiro atoms. The van der Waals surface area contributed by atoms with Gasteiger partial charge < -0.3 is 9.47 Å². The third-order valence-electron chi connectivity index (χ3n) is 12.5. The fourth-order valence-corrected chi connectivity index (χ4v) is 9.15. The average molecular weight is 802 g/mol. The van der Waals surface area contributed by atoms with E-state index in [1.165, 1.54) is 94.8 Å². The van der Waals surface area contributed by atoms with Gasteiger partial charge in [-0.15, -0.1) is 0 Å². The standard InChI is InChI=1S/C52H67NO6/c1-4-7-10-12-14-16-18-20-22-24-35-58-51(56)43-32-28-39-37-26-30-41-47-42(50(55)53(49(41)54)34-9-6-3)31-27-38(45(37)47)40-29-33-44(48(43)46(39)40)52(57)59-36-25-23-21-19-17-15-13-11-8-5-2/h26-33H,4-25,34-36H2,1-3H3. The van der Waals surface area contributed by atoms with Gasteiger partial charge in [0.25, 0.3) is 11.8 Å². The number of esters is 2. The van der Waals surface area contributed by atoms with E-state index in [2.05, 4.69) is 13.8 Å². The predicted octanol–water partition coefficient (Wildman–Crippen LogP) is 14.3. The van der Waals surface area contributed by atoms with Gasteiger partial charge in [-0.05, 0) is 75.8 Å². The predicted molar refractivity (Wildman–Crippen MR) is 242 cm³/mol. The molecule has 7 nitrogen and oxygen atoms in total. The van der Waals surface area contributed by atoms with Crippen molar-refractivity contribution in [1.29, 1.82) is 0 Å². The number of hydrogen-bond acceptors (Lipinski definition) is 6. The minimum absolute atomic E-state index is 0.267. The number of fused-ring (bicyclic) bond motifs is 2. The lowest BCUT2D eigenvalue weighted by molar-refractivity contribution is 0.0498. The van der Waals surface area contributed by atoms with E-state index in [0.717, 1.165) is 83.7 Å². The van der Waals surface area contributed by atoms with Crippen molar-refractivity contribution in [3.8, 4) is 0 Å². The monoisotopic (exact) mass is 801 g/mol. The smallest absolute Gasteiger partial charge is 0.338 e. The van der Waals surface area contributed by atoms with E-state index in [0.29, 0.717) is 52.8 Å². The van der Waals surface area contributed by atoms with Crippen LogP contribution in [-0.4, -0.2) is 48.4 Å². The molecule has 0 saturated heterocycles. The van der Waals surface area contributed by atoms with Crippen LogP contribution in [0.4, 0.5) is 0 Å². The van der Waals surface area contributed by atoms with Crippen LogP contribution in [-0.2, 0) is 9.47 Å². The van der Waals surface area contributed by atoms with Crippen molar-refractivity contribution >= 4 is 66.8 Å². The highest BCUT2D eigenvalue weighted by atomic mass is 16.5. The minimum atomic E-state index is -0.451. The summed E-state index contributed by atoms with van der Waals surface area (Å²) in [6.45, 7) is 7.56. The van der Waals surface area contributed by atoms with Gasteiger partial charge in [0.05, 0.1) is 24.3 Å². The van der Waals surface area contributed by atoms with Crippen LogP contribution in [0, 0.1) is 0 Å². The Balaban J connectivity index is 1.25. The molecular formula is C52H67NO6. The Bertz CT molecular complexity index is 2060. The van der Waals surface area contributed by atoms with E-state index in [9.17, 15) is 19.2 Å². The van der Waals surface area contributed by atoms with E-state index in [1.54, 1.807) is 12.1 Å². The van der Waals surface area contributed by atoms with Gasteiger partial charge in [0.15, 0.2) is 0 Å². The number of carbonyl (C=O) groups is 4. The number of benzene rings is 5. The van der Waals surface area contributed by atoms with Crippen molar-refractivity contribution in [2.45, 2.75) is 162 Å². The molecule has 0 unspecified atom stereocenters. The second-order valence-corrected chi connectivity index (χ2v) is 16.9. The lowest BCUT2D eigenvalue weighted by Gasteiger charge is -2.28. The molecule has 5 aromatic carbocycles. The number of ether oxygens (including phenoxy) is 2. The first-order chi connectivity index (χ1) is 28.9. The summed E-state index contributed by atoms with van der Waals surface area (Å²) in [7, 11) is 0. The molecule has 1 aliphatic rings. The topological polar surface area (TPSA) is 90.0 Å². The van der Waals surface area contributed by atoms with E-state index < -0.39 is 11.9 Å². The first kappa shape index (κ1) is 44.0. The Kier molecular flexibility index (Phi) is 16.6. The second kappa shape index (κ2) is 22.2. The number of amides is 2. The molecule has 0 aromatic heterocycles. The van der Waals surface area contributed by atoms with Crippen LogP contribution in [0.3, 0.4) is 0 Å². The summed E-state index contributed by atoms with van der Waals surface area (Å²) in [5, 5.41) is 6.23. The molecule has 0 fully saturated rings. The van der Waals surface area contributed by atoms with Crippen LogP contribution >= 0.6 is 0 Å². The Hall–Kier alpha value is -4.52. The van der Waals surface area contributed by atoms with Crippen molar-refractivity contribution in [3.05, 3.63) is 70.8 Å². The summed E-state index contributed by atoms with van der Waals surface area (Å²) >= 11 is 0. The number of carbonyl (C=O) groups excluding carboxylic acids is 4. The lowest BCUT2D eigenvalue weighted by atomic mass is 9.83. The number of rotatable bonds is 27. The summed E-state index contributed by atoms with van der Waals surface area (Å²) in [5.41, 5.74) is 1.73. The highest BCUT2D eigenvalue weighted by molar-refractivity contribution is 6.39. The van der Waals surface area contributed by atoms with Crippen LogP contribution in [0.1, 0.15) is 203 Å². The average Bonchev–Trinajstić information content (AvgIpc) is 3.25. The van der Waals surface area contributed by atoms with E-state index in [1.807, 2.05) is 43.3 Å². The van der Waals surface area contributed by atoms with Crippen LogP contribution in [0.5, 0.6) is 0 Å². The van der Waals surface area contributed by atoms with Crippen LogP contribution in [0.25, 0.3) is 43.1 Å². The zero-order chi connectivity index (χ0) is 41.6. The molecule has 0 bridgehead atoms. The number of nitrogens with zero attached hydrogens (tertiary/aromatic N) is 1. The summed E-state index contributed by atoms with van der Waals surface area (Å²) < 4.78 is 11.8. The van der Waals surface area contributed by atoms with Gasteiger partial charge in [0, 0.05) is 28.4 Å². The van der Waals surface area contributed by atoms with Gasteiger partial charge in [-0.2, -0.15) is 0 Å². The Morgan fingerprint density at radius 3 is 1.14 bits per heavy atom. The fraction of sp³-hybridized carbons (Fsp3) is 0.538. The largest absolute Gasteiger partial charge is 0.462 e. The van der Waals surface area contributed by atoms with Crippen molar-refractivity contribution in [2.24, 2.45) is 0 Å². The molecule has 0 atom stereocenters. The lowest BCUT2D eigenvalue weighted by Crippen LogP contribution is -2.40. The molecule has 316 valence electrons. The summed E-state index contributed by atoms with van der Waals surface area (Å²) in [6.07, 6.45) is 25.4. The molecule has 5 aromatic rings. The third kappa shape index (κ3) is 10.3. The Morgan fingerprint density at radius 2 is 0.746 bits per heavy atom. The van der Waals surface area contributed by atoms with E-state index in [4.69, 9.17) is 9.47 Å². The molecule has 1 aliphatic heterocycles. The molecule has 0 aliphatic carbocycles. The van der Waals surface area contributed by atoms with Crippen molar-refractivity contribution in [2.75, 3.05) is 19.8 Å². The van der Waals surface area contributed by atoms with E-state index in [-0.39, 0.29) is 11.8 Å². The van der Waals surface area contributed by atoms with Gasteiger partial charge in [-0.1, -0.05) is 167 Å². The van der Waals surface area contributed by atoms with Crippen molar-refractivity contribution < 1.29 is 28.7 Å². The highest BCUT2D eigenvalue weighted by Crippen LogP contribution is 2.45. The molecule has 7 heteroatoms. The third-order valence-corrected chi connectivity index (χ3v) is 12.5. The molecule has 0 N–H and O–H groups in total. The molecule has 59 heavy (non-hydrogen) atoms. The fourth-order valence-electron chi connectivity index (χ4n) is 9.15. The molecule has 0 radical (unpaired) electrons. The number of imide groups is 1. The van der Waals surface area contributed by atoms with Gasteiger partial charge in [0.2, 0.25) is 0 Å². The number of unbranched alkanes of at least 4 members (excludes halogenated alkanes) is 19. The zero-order valence-electron chi connectivity index (χ0n) is 36.2.